The fourth-order valence-electron chi connectivity index (χ4n) is 1.33. The van der Waals surface area contributed by atoms with E-state index in [9.17, 15) is 0 Å². The average Bonchev–Trinajstić information content (AvgIpc) is 2.88. The van der Waals surface area contributed by atoms with Crippen LogP contribution in [0.15, 0.2) is 34.3 Å². The van der Waals surface area contributed by atoms with Gasteiger partial charge in [-0.05, 0) is 17.5 Å². The molecule has 2 heterocycles. The van der Waals surface area contributed by atoms with Gasteiger partial charge in [-0.25, -0.2) is 0 Å². The predicted octanol–water partition coefficient (Wildman–Crippen LogP) is 2.52. The lowest BCUT2D eigenvalue weighted by Crippen LogP contribution is -2.00. The molecule has 2 rings (SSSR count). The second-order valence-corrected chi connectivity index (χ2v) is 4.18. The predicted molar refractivity (Wildman–Crippen MR) is 59.4 cm³/mol. The molecule has 3 nitrogen and oxygen atoms in total. The Morgan fingerprint density at radius 2 is 2.27 bits per heavy atom. The summed E-state index contributed by atoms with van der Waals surface area (Å²) in [5, 5.41) is 2.04. The molecule has 80 valence electrons. The van der Waals surface area contributed by atoms with Gasteiger partial charge in [-0.3, -0.25) is 0 Å². The molecule has 0 saturated carbocycles. The van der Waals surface area contributed by atoms with Gasteiger partial charge in [0.25, 0.3) is 0 Å². The van der Waals surface area contributed by atoms with E-state index in [4.69, 9.17) is 14.9 Å². The summed E-state index contributed by atoms with van der Waals surface area (Å²) in [5.41, 5.74) is 6.55. The summed E-state index contributed by atoms with van der Waals surface area (Å²) in [6, 6.07) is 5.98. The summed E-state index contributed by atoms with van der Waals surface area (Å²) in [4.78, 5) is 1.23. The van der Waals surface area contributed by atoms with Crippen molar-refractivity contribution < 1.29 is 9.15 Å². The minimum absolute atomic E-state index is 0.421. The first-order valence-electron chi connectivity index (χ1n) is 4.75. The minimum atomic E-state index is 0.421. The van der Waals surface area contributed by atoms with Crippen LogP contribution in [-0.2, 0) is 24.5 Å². The van der Waals surface area contributed by atoms with E-state index in [1.165, 1.54) is 4.88 Å². The van der Waals surface area contributed by atoms with E-state index in [1.807, 2.05) is 17.5 Å². The number of nitrogens with two attached hydrogens (primary N) is 1. The molecule has 0 aliphatic heterocycles. The molecule has 0 radical (unpaired) electrons. The van der Waals surface area contributed by atoms with Crippen LogP contribution in [0, 0.1) is 0 Å². The molecule has 0 fully saturated rings. The fraction of sp³-hybridized carbons (Fsp3) is 0.273. The number of furan rings is 1. The zero-order valence-corrected chi connectivity index (χ0v) is 9.13. The molecule has 0 unspecified atom stereocenters. The summed E-state index contributed by atoms with van der Waals surface area (Å²) in [6.07, 6.45) is 1.64. The molecule has 0 saturated heterocycles. The van der Waals surface area contributed by atoms with E-state index >= 15 is 0 Å². The Kier molecular flexibility index (Phi) is 3.55. The van der Waals surface area contributed by atoms with Gasteiger partial charge in [-0.1, -0.05) is 6.07 Å². The third kappa shape index (κ3) is 2.68. The van der Waals surface area contributed by atoms with E-state index in [1.54, 1.807) is 17.6 Å². The molecule has 0 aliphatic rings. The number of thiophene rings is 1. The van der Waals surface area contributed by atoms with Crippen molar-refractivity contribution in [2.45, 2.75) is 19.8 Å². The molecule has 2 N–H and O–H groups in total. The SMILES string of the molecule is NCc1occc1COCc1cccs1. The van der Waals surface area contributed by atoms with Gasteiger partial charge in [0, 0.05) is 10.4 Å². The van der Waals surface area contributed by atoms with Crippen molar-refractivity contribution in [3.8, 4) is 0 Å². The van der Waals surface area contributed by atoms with Gasteiger partial charge in [-0.15, -0.1) is 11.3 Å². The quantitative estimate of drug-likeness (QED) is 0.847. The molecule has 0 aliphatic carbocycles. The molecule has 0 atom stereocenters. The lowest BCUT2D eigenvalue weighted by molar-refractivity contribution is 0.108. The Bertz CT molecular complexity index is 394. The van der Waals surface area contributed by atoms with Crippen LogP contribution < -0.4 is 5.73 Å². The average molecular weight is 223 g/mol. The van der Waals surface area contributed by atoms with Crippen LogP contribution >= 0.6 is 11.3 Å². The number of ether oxygens (including phenoxy) is 1. The third-order valence-corrected chi connectivity index (χ3v) is 2.95. The van der Waals surface area contributed by atoms with E-state index in [0.717, 1.165) is 11.3 Å². The maximum Gasteiger partial charge on any atom is 0.122 e. The van der Waals surface area contributed by atoms with Crippen molar-refractivity contribution in [2.24, 2.45) is 5.73 Å². The molecule has 0 amide bonds. The van der Waals surface area contributed by atoms with Crippen LogP contribution in [0.1, 0.15) is 16.2 Å². The number of rotatable bonds is 5. The van der Waals surface area contributed by atoms with Crippen LogP contribution in [-0.4, -0.2) is 0 Å². The Morgan fingerprint density at radius 3 is 3.00 bits per heavy atom. The standard InChI is InChI=1S/C11H13NO2S/c12-6-11-9(3-4-14-11)7-13-8-10-2-1-5-15-10/h1-5H,6-8,12H2. The van der Waals surface area contributed by atoms with Gasteiger partial charge < -0.3 is 14.9 Å². The summed E-state index contributed by atoms with van der Waals surface area (Å²) in [7, 11) is 0. The summed E-state index contributed by atoms with van der Waals surface area (Å²) >= 11 is 1.70. The zero-order chi connectivity index (χ0) is 10.5. The molecule has 15 heavy (non-hydrogen) atoms. The van der Waals surface area contributed by atoms with Crippen LogP contribution in [0.4, 0.5) is 0 Å². The Balaban J connectivity index is 1.83. The second kappa shape index (κ2) is 5.11. The topological polar surface area (TPSA) is 48.4 Å². The first kappa shape index (κ1) is 10.4. The highest BCUT2D eigenvalue weighted by atomic mass is 32.1. The third-order valence-electron chi connectivity index (χ3n) is 2.11. The van der Waals surface area contributed by atoms with Crippen molar-refractivity contribution >= 4 is 11.3 Å². The van der Waals surface area contributed by atoms with Crippen molar-refractivity contribution in [3.05, 3.63) is 46.0 Å². The van der Waals surface area contributed by atoms with Gasteiger partial charge >= 0.3 is 0 Å². The van der Waals surface area contributed by atoms with Crippen LogP contribution in [0.25, 0.3) is 0 Å². The normalized spacial score (nSPS) is 10.7. The van der Waals surface area contributed by atoms with Crippen LogP contribution in [0.3, 0.4) is 0 Å². The van der Waals surface area contributed by atoms with Gasteiger partial charge in [0.15, 0.2) is 0 Å². The van der Waals surface area contributed by atoms with E-state index in [-0.39, 0.29) is 0 Å². The smallest absolute Gasteiger partial charge is 0.122 e. The molecule has 2 aromatic heterocycles. The van der Waals surface area contributed by atoms with Gasteiger partial charge in [0.2, 0.25) is 0 Å². The molecule has 4 heteroatoms. The molecular formula is C11H13NO2S. The fourth-order valence-corrected chi connectivity index (χ4v) is 1.97. The number of hydrogen-bond donors (Lipinski definition) is 1. The highest BCUT2D eigenvalue weighted by molar-refractivity contribution is 7.09. The van der Waals surface area contributed by atoms with Crippen LogP contribution in [0.5, 0.6) is 0 Å². The molecule has 2 aromatic rings. The molecule has 0 bridgehead atoms. The lowest BCUT2D eigenvalue weighted by atomic mass is 10.2. The summed E-state index contributed by atoms with van der Waals surface area (Å²) in [6.45, 7) is 1.62. The van der Waals surface area contributed by atoms with E-state index < -0.39 is 0 Å². The maximum atomic E-state index is 5.56. The number of hydrogen-bond acceptors (Lipinski definition) is 4. The lowest BCUT2D eigenvalue weighted by Gasteiger charge is -2.01. The Labute approximate surface area is 92.5 Å². The maximum absolute atomic E-state index is 5.56. The van der Waals surface area contributed by atoms with Crippen molar-refractivity contribution in [1.82, 2.24) is 0 Å². The highest BCUT2D eigenvalue weighted by Gasteiger charge is 2.04. The molecule has 0 aromatic carbocycles. The van der Waals surface area contributed by atoms with E-state index in [2.05, 4.69) is 6.07 Å². The second-order valence-electron chi connectivity index (χ2n) is 3.15. The van der Waals surface area contributed by atoms with Gasteiger partial charge in [0.1, 0.15) is 5.76 Å². The highest BCUT2D eigenvalue weighted by Crippen LogP contribution is 2.14. The van der Waals surface area contributed by atoms with Crippen LogP contribution in [0.2, 0.25) is 0 Å². The minimum Gasteiger partial charge on any atom is -0.468 e. The summed E-state index contributed by atoms with van der Waals surface area (Å²) < 4.78 is 10.8. The van der Waals surface area contributed by atoms with Crippen molar-refractivity contribution in [3.63, 3.8) is 0 Å². The monoisotopic (exact) mass is 223 g/mol. The van der Waals surface area contributed by atoms with Crippen molar-refractivity contribution in [1.29, 1.82) is 0 Å². The molecular weight excluding hydrogens is 210 g/mol. The Hall–Kier alpha value is -1.10. The van der Waals surface area contributed by atoms with E-state index in [0.29, 0.717) is 19.8 Å². The zero-order valence-electron chi connectivity index (χ0n) is 8.31. The van der Waals surface area contributed by atoms with Gasteiger partial charge in [-0.2, -0.15) is 0 Å². The van der Waals surface area contributed by atoms with Gasteiger partial charge in [0.05, 0.1) is 26.0 Å². The van der Waals surface area contributed by atoms with Crippen molar-refractivity contribution in [2.75, 3.05) is 0 Å². The Morgan fingerprint density at radius 1 is 1.33 bits per heavy atom. The first-order valence-corrected chi connectivity index (χ1v) is 5.63. The summed E-state index contributed by atoms with van der Waals surface area (Å²) in [5.74, 6) is 0.807. The first-order chi connectivity index (χ1) is 7.40. The molecule has 0 spiro atoms. The largest absolute Gasteiger partial charge is 0.468 e.